The van der Waals surface area contributed by atoms with E-state index in [1.54, 1.807) is 79.9 Å². The number of methoxy groups -OCH3 is 2. The number of carbonyl (C=O) groups excluding carboxylic acids is 4. The van der Waals surface area contributed by atoms with Crippen LogP contribution in [0.3, 0.4) is 0 Å². The molecular weight excluding hydrogens is 781 g/mol. The largest absolute Gasteiger partial charge is 0.497 e. The van der Waals surface area contributed by atoms with Crippen molar-refractivity contribution in [3.05, 3.63) is 183 Å². The van der Waals surface area contributed by atoms with Crippen molar-refractivity contribution < 1.29 is 28.7 Å². The highest BCUT2D eigenvalue weighted by Gasteiger charge is 2.31. The topological polar surface area (TPSA) is 126 Å². The van der Waals surface area contributed by atoms with Gasteiger partial charge in [0.2, 0.25) is 5.91 Å². The van der Waals surface area contributed by atoms with Crippen LogP contribution in [0.25, 0.3) is 6.08 Å². The van der Waals surface area contributed by atoms with E-state index in [1.807, 2.05) is 60.7 Å². The Kier molecular flexibility index (Phi) is 13.3. The molecule has 3 amide bonds. The van der Waals surface area contributed by atoms with Crippen molar-refractivity contribution in [1.82, 2.24) is 10.2 Å². The Morgan fingerprint density at radius 1 is 0.814 bits per heavy atom. The van der Waals surface area contributed by atoms with E-state index in [-0.39, 0.29) is 11.6 Å². The van der Waals surface area contributed by atoms with Gasteiger partial charge in [0, 0.05) is 40.7 Å². The Hall–Kier alpha value is -6.47. The number of anilines is 2. The maximum Gasteiger partial charge on any atom is 0.341 e. The second-order valence-electron chi connectivity index (χ2n) is 13.7. The second-order valence-corrected chi connectivity index (χ2v) is 16.0. The summed E-state index contributed by atoms with van der Waals surface area (Å²) >= 11 is 2.72. The highest BCUT2D eigenvalue weighted by molar-refractivity contribution is 8.00. The lowest BCUT2D eigenvalue weighted by atomic mass is 10.0. The first kappa shape index (κ1) is 40.7. The Morgan fingerprint density at radius 3 is 2.20 bits per heavy atom. The molecule has 1 aliphatic heterocycles. The van der Waals surface area contributed by atoms with Crippen LogP contribution in [0.5, 0.6) is 5.75 Å². The Morgan fingerprint density at radius 2 is 1.51 bits per heavy atom. The van der Waals surface area contributed by atoms with Crippen LogP contribution < -0.4 is 20.7 Å². The zero-order chi connectivity index (χ0) is 41.1. The standard InChI is InChI=1S/C47H42N4O6S2/c1-56-36-23-21-31(22-24-36)27-39(49-43(52)34-17-10-5-11-18-34)44(53)48-35-19-12-20-37(28-35)58-42(33-15-8-4-9-16-33)45(54)50-46-41(47(55)57-2)38-25-26-51(30-40(38)59-46)29-32-13-6-3-7-14-32/h3-24,27-28,42H,25-26,29-30H2,1-2H3,(H,48,53)(H,49,52)(H,50,54)/b39-27+. The van der Waals surface area contributed by atoms with E-state index in [0.29, 0.717) is 51.0 Å². The zero-order valence-corrected chi connectivity index (χ0v) is 34.1. The molecule has 0 spiro atoms. The van der Waals surface area contributed by atoms with Gasteiger partial charge in [-0.2, -0.15) is 0 Å². The number of rotatable bonds is 14. The van der Waals surface area contributed by atoms with E-state index in [2.05, 4.69) is 33.0 Å². The molecule has 1 unspecified atom stereocenters. The summed E-state index contributed by atoms with van der Waals surface area (Å²) in [5, 5.41) is 8.54. The lowest BCUT2D eigenvalue weighted by Crippen LogP contribution is -2.30. The summed E-state index contributed by atoms with van der Waals surface area (Å²) in [5.74, 6) is -1.12. The number of thioether (sulfide) groups is 1. The summed E-state index contributed by atoms with van der Waals surface area (Å²) in [5.41, 5.74) is 4.85. The molecule has 2 heterocycles. The number of ether oxygens (including phenoxy) is 2. The fraction of sp³-hybridized carbons (Fsp3) is 0.149. The van der Waals surface area contributed by atoms with Gasteiger partial charge in [0.1, 0.15) is 21.7 Å². The van der Waals surface area contributed by atoms with E-state index in [1.165, 1.54) is 35.8 Å². The maximum absolute atomic E-state index is 14.4. The number of esters is 1. The molecule has 298 valence electrons. The summed E-state index contributed by atoms with van der Waals surface area (Å²) in [4.78, 5) is 58.7. The molecule has 0 saturated heterocycles. The molecule has 7 rings (SSSR count). The summed E-state index contributed by atoms with van der Waals surface area (Å²) in [6.45, 7) is 2.20. The van der Waals surface area contributed by atoms with E-state index >= 15 is 0 Å². The molecule has 0 saturated carbocycles. The van der Waals surface area contributed by atoms with Crippen molar-refractivity contribution in [2.24, 2.45) is 0 Å². The number of thiophene rings is 1. The highest BCUT2D eigenvalue weighted by Crippen LogP contribution is 2.41. The Bertz CT molecular complexity index is 2460. The normalized spacial score (nSPS) is 13.1. The first-order valence-electron chi connectivity index (χ1n) is 18.9. The summed E-state index contributed by atoms with van der Waals surface area (Å²) in [6.07, 6.45) is 2.25. The van der Waals surface area contributed by atoms with Gasteiger partial charge in [0.05, 0.1) is 19.8 Å². The van der Waals surface area contributed by atoms with Gasteiger partial charge in [-0.05, 0) is 77.2 Å². The number of nitrogens with one attached hydrogen (secondary N) is 3. The average Bonchev–Trinajstić information content (AvgIpc) is 3.63. The Labute approximate surface area is 351 Å². The van der Waals surface area contributed by atoms with Crippen LogP contribution in [0.1, 0.15) is 53.1 Å². The molecule has 12 heteroatoms. The zero-order valence-electron chi connectivity index (χ0n) is 32.5. The van der Waals surface area contributed by atoms with Gasteiger partial charge in [-0.25, -0.2) is 4.79 Å². The molecule has 1 aliphatic rings. The van der Waals surface area contributed by atoms with Gasteiger partial charge < -0.3 is 25.4 Å². The number of benzene rings is 5. The molecule has 0 aliphatic carbocycles. The molecule has 0 radical (unpaired) electrons. The van der Waals surface area contributed by atoms with Crippen molar-refractivity contribution in [1.29, 1.82) is 0 Å². The molecule has 1 aromatic heterocycles. The second kappa shape index (κ2) is 19.3. The van der Waals surface area contributed by atoms with Crippen LogP contribution in [0.2, 0.25) is 0 Å². The van der Waals surface area contributed by atoms with Crippen LogP contribution in [0, 0.1) is 0 Å². The first-order chi connectivity index (χ1) is 28.8. The van der Waals surface area contributed by atoms with Crippen LogP contribution in [0.4, 0.5) is 10.7 Å². The minimum absolute atomic E-state index is 0.0341. The predicted octanol–water partition coefficient (Wildman–Crippen LogP) is 8.98. The maximum atomic E-state index is 14.4. The average molecular weight is 823 g/mol. The van der Waals surface area contributed by atoms with Crippen LogP contribution >= 0.6 is 23.1 Å². The molecule has 6 aromatic rings. The molecular formula is C47H42N4O6S2. The fourth-order valence-corrected chi connectivity index (χ4v) is 9.07. The molecule has 3 N–H and O–H groups in total. The van der Waals surface area contributed by atoms with E-state index in [9.17, 15) is 19.2 Å². The SMILES string of the molecule is COC(=O)c1c(NC(=O)C(Sc2cccc(NC(=O)/C(=C\c3ccc(OC)cc3)NC(=O)c3ccccc3)c2)c2ccccc2)sc2c1CCN(Cc1ccccc1)C2. The van der Waals surface area contributed by atoms with Gasteiger partial charge >= 0.3 is 5.97 Å². The number of hydrogen-bond donors (Lipinski definition) is 3. The van der Waals surface area contributed by atoms with Gasteiger partial charge in [0.15, 0.2) is 0 Å². The molecule has 10 nitrogen and oxygen atoms in total. The third-order valence-corrected chi connectivity index (χ3v) is 12.0. The first-order valence-corrected chi connectivity index (χ1v) is 20.6. The smallest absolute Gasteiger partial charge is 0.341 e. The minimum Gasteiger partial charge on any atom is -0.497 e. The molecule has 1 atom stereocenters. The van der Waals surface area contributed by atoms with E-state index < -0.39 is 23.0 Å². The van der Waals surface area contributed by atoms with E-state index in [4.69, 9.17) is 9.47 Å². The molecule has 0 fully saturated rings. The predicted molar refractivity (Wildman–Crippen MR) is 234 cm³/mol. The fourth-order valence-electron chi connectivity index (χ4n) is 6.71. The highest BCUT2D eigenvalue weighted by atomic mass is 32.2. The van der Waals surface area contributed by atoms with Gasteiger partial charge in [-0.3, -0.25) is 19.3 Å². The number of carbonyl (C=O) groups is 4. The van der Waals surface area contributed by atoms with Crippen molar-refractivity contribution in [3.63, 3.8) is 0 Å². The number of amides is 3. The number of hydrogen-bond acceptors (Lipinski definition) is 9. The molecule has 59 heavy (non-hydrogen) atoms. The molecule has 0 bridgehead atoms. The minimum atomic E-state index is -0.725. The Balaban J connectivity index is 1.11. The summed E-state index contributed by atoms with van der Waals surface area (Å²) < 4.78 is 10.5. The quantitative estimate of drug-likeness (QED) is 0.0565. The van der Waals surface area contributed by atoms with Crippen LogP contribution in [-0.4, -0.2) is 49.4 Å². The monoisotopic (exact) mass is 822 g/mol. The van der Waals surface area contributed by atoms with Crippen LogP contribution in [0.15, 0.2) is 150 Å². The lowest BCUT2D eigenvalue weighted by molar-refractivity contribution is -0.116. The van der Waals surface area contributed by atoms with Gasteiger partial charge in [-0.15, -0.1) is 23.1 Å². The van der Waals surface area contributed by atoms with Crippen molar-refractivity contribution in [3.8, 4) is 5.75 Å². The summed E-state index contributed by atoms with van der Waals surface area (Å²) in [6, 6.07) is 42.6. The van der Waals surface area contributed by atoms with Crippen molar-refractivity contribution in [2.75, 3.05) is 31.4 Å². The lowest BCUT2D eigenvalue weighted by Gasteiger charge is -2.27. The van der Waals surface area contributed by atoms with Crippen molar-refractivity contribution in [2.45, 2.75) is 29.7 Å². The van der Waals surface area contributed by atoms with Gasteiger partial charge in [0.25, 0.3) is 11.8 Å². The van der Waals surface area contributed by atoms with E-state index in [0.717, 1.165) is 29.1 Å². The third kappa shape index (κ3) is 10.3. The molecule has 5 aromatic carbocycles. The van der Waals surface area contributed by atoms with Crippen molar-refractivity contribution >= 4 is 63.6 Å². The number of nitrogens with zero attached hydrogens (tertiary/aromatic N) is 1. The third-order valence-electron chi connectivity index (χ3n) is 9.65. The van der Waals surface area contributed by atoms with Crippen LogP contribution in [-0.2, 0) is 33.8 Å². The number of fused-ring (bicyclic) bond motifs is 1. The summed E-state index contributed by atoms with van der Waals surface area (Å²) in [7, 11) is 2.92. The van der Waals surface area contributed by atoms with Gasteiger partial charge in [-0.1, -0.05) is 97.1 Å².